The largest absolute Gasteiger partial charge is 0.380 e. The van der Waals surface area contributed by atoms with Crippen LogP contribution in [-0.4, -0.2) is 37.7 Å². The molecular formula is C7H15NO. The fourth-order valence-corrected chi connectivity index (χ4v) is 1.28. The number of likely N-dealkylation sites (N-methyl/N-ethyl adjacent to an activating group) is 1. The molecule has 2 heteroatoms. The number of ether oxygens (including phenoxy) is 1. The molecule has 1 saturated heterocycles. The first-order valence-corrected chi connectivity index (χ1v) is 3.62. The predicted octanol–water partition coefficient (Wildman–Crippen LogP) is 0.727. The van der Waals surface area contributed by atoms with Gasteiger partial charge in [-0.25, -0.2) is 0 Å². The van der Waals surface area contributed by atoms with Crippen molar-refractivity contribution in [2.45, 2.75) is 19.4 Å². The van der Waals surface area contributed by atoms with Gasteiger partial charge in [-0.15, -0.1) is 0 Å². The van der Waals surface area contributed by atoms with Gasteiger partial charge in [-0.3, -0.25) is 0 Å². The second-order valence-electron chi connectivity index (χ2n) is 2.54. The molecule has 1 aliphatic heterocycles. The molecule has 1 unspecified atom stereocenters. The average Bonchev–Trinajstić information content (AvgIpc) is 2.34. The Bertz CT molecular complexity index is 75.0. The average molecular weight is 129 g/mol. The summed E-state index contributed by atoms with van der Waals surface area (Å²) in [7, 11) is 1.80. The lowest BCUT2D eigenvalue weighted by atomic mass is 10.3. The fourth-order valence-electron chi connectivity index (χ4n) is 1.28. The summed E-state index contributed by atoms with van der Waals surface area (Å²) in [6, 6.07) is 0. The van der Waals surface area contributed by atoms with Crippen molar-refractivity contribution in [3.63, 3.8) is 0 Å². The third kappa shape index (κ3) is 1.66. The lowest BCUT2D eigenvalue weighted by Gasteiger charge is -2.11. The van der Waals surface area contributed by atoms with Gasteiger partial charge >= 0.3 is 0 Å². The van der Waals surface area contributed by atoms with E-state index < -0.39 is 0 Å². The molecule has 1 aliphatic rings. The molecule has 1 fully saturated rings. The van der Waals surface area contributed by atoms with Crippen molar-refractivity contribution < 1.29 is 4.74 Å². The summed E-state index contributed by atoms with van der Waals surface area (Å²) >= 11 is 0. The molecule has 0 N–H and O–H groups in total. The molecule has 0 saturated carbocycles. The maximum atomic E-state index is 5.20. The van der Waals surface area contributed by atoms with Crippen LogP contribution in [0.4, 0.5) is 0 Å². The molecule has 2 nitrogen and oxygen atoms in total. The first kappa shape index (κ1) is 7.03. The molecule has 0 spiro atoms. The zero-order chi connectivity index (χ0) is 6.69. The Labute approximate surface area is 56.8 Å². The molecule has 54 valence electrons. The van der Waals surface area contributed by atoms with E-state index in [1.807, 2.05) is 0 Å². The molecule has 9 heavy (non-hydrogen) atoms. The number of nitrogens with zero attached hydrogens (tertiary/aromatic N) is 1. The maximum absolute atomic E-state index is 5.20. The van der Waals surface area contributed by atoms with Crippen LogP contribution >= 0.6 is 0 Å². The Morgan fingerprint density at radius 1 is 1.67 bits per heavy atom. The van der Waals surface area contributed by atoms with Crippen molar-refractivity contribution in [2.24, 2.45) is 0 Å². The lowest BCUT2D eigenvalue weighted by molar-refractivity contribution is 0.109. The summed E-state index contributed by atoms with van der Waals surface area (Å²) in [4.78, 5) is 2.41. The number of likely N-dealkylation sites (tertiary alicyclic amines) is 1. The summed E-state index contributed by atoms with van der Waals surface area (Å²) in [5.41, 5.74) is 0. The first-order chi connectivity index (χ1) is 4.36. The standard InChI is InChI=1S/C7H15NO/c1-3-8-5-4-7(6-8)9-2/h7H,3-6H2,1-2H3. The molecule has 0 aromatic rings. The molecular weight excluding hydrogens is 114 g/mol. The molecule has 0 aromatic carbocycles. The molecule has 0 aliphatic carbocycles. The van der Waals surface area contributed by atoms with Crippen molar-refractivity contribution in [3.05, 3.63) is 0 Å². The van der Waals surface area contributed by atoms with Crippen LogP contribution in [0.25, 0.3) is 0 Å². The smallest absolute Gasteiger partial charge is 0.0710 e. The molecule has 0 aromatic heterocycles. The topological polar surface area (TPSA) is 12.5 Å². The van der Waals surface area contributed by atoms with Gasteiger partial charge in [-0.1, -0.05) is 6.92 Å². The number of hydrogen-bond donors (Lipinski definition) is 0. The summed E-state index contributed by atoms with van der Waals surface area (Å²) in [5.74, 6) is 0. The third-order valence-electron chi connectivity index (χ3n) is 2.01. The van der Waals surface area contributed by atoms with Crippen LogP contribution in [-0.2, 0) is 4.74 Å². The van der Waals surface area contributed by atoms with Crippen molar-refractivity contribution in [1.29, 1.82) is 0 Å². The molecule has 0 amide bonds. The van der Waals surface area contributed by atoms with Crippen molar-refractivity contribution in [3.8, 4) is 0 Å². The Hall–Kier alpha value is -0.0800. The molecule has 0 radical (unpaired) electrons. The summed E-state index contributed by atoms with van der Waals surface area (Å²) in [6.45, 7) is 5.71. The van der Waals surface area contributed by atoms with Crippen LogP contribution < -0.4 is 0 Å². The monoisotopic (exact) mass is 129 g/mol. The van der Waals surface area contributed by atoms with Gasteiger partial charge in [-0.2, -0.15) is 0 Å². The molecule has 0 bridgehead atoms. The number of rotatable bonds is 2. The summed E-state index contributed by atoms with van der Waals surface area (Å²) in [6.07, 6.45) is 1.72. The van der Waals surface area contributed by atoms with E-state index in [9.17, 15) is 0 Å². The highest BCUT2D eigenvalue weighted by molar-refractivity contribution is 4.73. The quantitative estimate of drug-likeness (QED) is 0.545. The molecule has 1 heterocycles. The predicted molar refractivity (Wildman–Crippen MR) is 37.5 cm³/mol. The Morgan fingerprint density at radius 3 is 2.78 bits per heavy atom. The van der Waals surface area contributed by atoms with Crippen LogP contribution in [0.3, 0.4) is 0 Å². The highest BCUT2D eigenvalue weighted by Crippen LogP contribution is 2.10. The zero-order valence-corrected chi connectivity index (χ0v) is 6.26. The van der Waals surface area contributed by atoms with Crippen molar-refractivity contribution >= 4 is 0 Å². The van der Waals surface area contributed by atoms with Gasteiger partial charge in [0.05, 0.1) is 6.10 Å². The van der Waals surface area contributed by atoms with Crippen LogP contribution in [0.5, 0.6) is 0 Å². The Morgan fingerprint density at radius 2 is 2.44 bits per heavy atom. The minimum Gasteiger partial charge on any atom is -0.380 e. The van der Waals surface area contributed by atoms with Gasteiger partial charge < -0.3 is 9.64 Å². The van der Waals surface area contributed by atoms with Gasteiger partial charge in [0.2, 0.25) is 0 Å². The van der Waals surface area contributed by atoms with Crippen LogP contribution in [0.1, 0.15) is 13.3 Å². The Balaban J connectivity index is 2.20. The SMILES string of the molecule is CCN1CCC(OC)C1. The Kier molecular flexibility index (Phi) is 2.49. The summed E-state index contributed by atoms with van der Waals surface area (Å²) in [5, 5.41) is 0. The van der Waals surface area contributed by atoms with Gasteiger partial charge in [0.15, 0.2) is 0 Å². The number of hydrogen-bond acceptors (Lipinski definition) is 2. The van der Waals surface area contributed by atoms with E-state index >= 15 is 0 Å². The van der Waals surface area contributed by atoms with Crippen LogP contribution in [0.15, 0.2) is 0 Å². The van der Waals surface area contributed by atoms with E-state index in [1.165, 1.54) is 19.5 Å². The summed E-state index contributed by atoms with van der Waals surface area (Å²) < 4.78 is 5.20. The zero-order valence-electron chi connectivity index (χ0n) is 6.26. The van der Waals surface area contributed by atoms with E-state index in [2.05, 4.69) is 11.8 Å². The van der Waals surface area contributed by atoms with E-state index in [1.54, 1.807) is 7.11 Å². The third-order valence-corrected chi connectivity index (χ3v) is 2.01. The highest BCUT2D eigenvalue weighted by Gasteiger charge is 2.19. The normalized spacial score (nSPS) is 29.3. The van der Waals surface area contributed by atoms with Gasteiger partial charge in [0.1, 0.15) is 0 Å². The van der Waals surface area contributed by atoms with Crippen molar-refractivity contribution in [1.82, 2.24) is 4.90 Å². The van der Waals surface area contributed by atoms with E-state index in [0.29, 0.717) is 6.10 Å². The fraction of sp³-hybridized carbons (Fsp3) is 1.00. The molecule has 1 atom stereocenters. The van der Waals surface area contributed by atoms with E-state index in [-0.39, 0.29) is 0 Å². The van der Waals surface area contributed by atoms with E-state index in [4.69, 9.17) is 4.74 Å². The first-order valence-electron chi connectivity index (χ1n) is 3.62. The van der Waals surface area contributed by atoms with Gasteiger partial charge in [0.25, 0.3) is 0 Å². The van der Waals surface area contributed by atoms with Gasteiger partial charge in [0, 0.05) is 20.2 Å². The molecule has 1 rings (SSSR count). The number of methoxy groups -OCH3 is 1. The van der Waals surface area contributed by atoms with Gasteiger partial charge in [-0.05, 0) is 13.0 Å². The second kappa shape index (κ2) is 3.18. The maximum Gasteiger partial charge on any atom is 0.0710 e. The van der Waals surface area contributed by atoms with Crippen molar-refractivity contribution in [2.75, 3.05) is 26.7 Å². The minimum atomic E-state index is 0.505. The second-order valence-corrected chi connectivity index (χ2v) is 2.54. The minimum absolute atomic E-state index is 0.505. The van der Waals surface area contributed by atoms with E-state index in [0.717, 1.165) is 6.54 Å². The van der Waals surface area contributed by atoms with Crippen LogP contribution in [0, 0.1) is 0 Å². The highest BCUT2D eigenvalue weighted by atomic mass is 16.5. The lowest BCUT2D eigenvalue weighted by Crippen LogP contribution is -2.22. The van der Waals surface area contributed by atoms with Crippen LogP contribution in [0.2, 0.25) is 0 Å².